The summed E-state index contributed by atoms with van der Waals surface area (Å²) >= 11 is 0. The Morgan fingerprint density at radius 1 is 1.18 bits per heavy atom. The molecule has 6 nitrogen and oxygen atoms in total. The van der Waals surface area contributed by atoms with Crippen LogP contribution in [0.4, 0.5) is 0 Å². The molecule has 0 spiro atoms. The maximum Gasteiger partial charge on any atom is 0.312 e. The molecule has 0 aromatic rings. The fourth-order valence-electron chi connectivity index (χ4n) is 1.61. The summed E-state index contributed by atoms with van der Waals surface area (Å²) in [4.78, 5) is 37.2. The second-order valence-corrected chi connectivity index (χ2v) is 3.80. The van der Waals surface area contributed by atoms with E-state index in [1.54, 1.807) is 4.90 Å². The molecule has 17 heavy (non-hydrogen) atoms. The van der Waals surface area contributed by atoms with Gasteiger partial charge in [-0.1, -0.05) is 6.08 Å². The third-order valence-electron chi connectivity index (χ3n) is 2.61. The summed E-state index contributed by atoms with van der Waals surface area (Å²) in [6.45, 7) is 6.99. The van der Waals surface area contributed by atoms with Gasteiger partial charge in [0.05, 0.1) is 0 Å². The summed E-state index contributed by atoms with van der Waals surface area (Å²) < 4.78 is 0. The maximum atomic E-state index is 11.7. The maximum absolute atomic E-state index is 11.7. The smallest absolute Gasteiger partial charge is 0.312 e. The van der Waals surface area contributed by atoms with Gasteiger partial charge < -0.3 is 15.1 Å². The molecule has 1 heterocycles. The van der Waals surface area contributed by atoms with E-state index in [0.29, 0.717) is 26.2 Å². The Hall–Kier alpha value is -1.85. The number of nitrogens with one attached hydrogen (secondary N) is 1. The minimum absolute atomic E-state index is 0.00629. The molecule has 1 N–H and O–H groups in total. The topological polar surface area (TPSA) is 69.7 Å². The number of rotatable bonds is 2. The van der Waals surface area contributed by atoms with Crippen LogP contribution in [-0.2, 0) is 14.4 Å². The van der Waals surface area contributed by atoms with Crippen LogP contribution in [0.25, 0.3) is 0 Å². The number of carbonyl (C=O) groups is 3. The van der Waals surface area contributed by atoms with Gasteiger partial charge in [0.1, 0.15) is 0 Å². The van der Waals surface area contributed by atoms with Crippen molar-refractivity contribution in [1.29, 1.82) is 0 Å². The molecule has 1 aliphatic heterocycles. The van der Waals surface area contributed by atoms with Crippen LogP contribution in [0.1, 0.15) is 6.92 Å². The summed E-state index contributed by atoms with van der Waals surface area (Å²) in [5, 5.41) is 2.43. The lowest BCUT2D eigenvalue weighted by Gasteiger charge is -2.33. The van der Waals surface area contributed by atoms with Crippen molar-refractivity contribution in [2.45, 2.75) is 6.92 Å². The van der Waals surface area contributed by atoms with Crippen molar-refractivity contribution in [3.63, 3.8) is 0 Å². The van der Waals surface area contributed by atoms with Crippen molar-refractivity contribution < 1.29 is 14.4 Å². The van der Waals surface area contributed by atoms with Crippen LogP contribution in [0.5, 0.6) is 0 Å². The van der Waals surface area contributed by atoms with Gasteiger partial charge in [-0.2, -0.15) is 0 Å². The number of hydrogen-bond donors (Lipinski definition) is 1. The van der Waals surface area contributed by atoms with E-state index >= 15 is 0 Å². The monoisotopic (exact) mass is 239 g/mol. The standard InChI is InChI=1S/C11H17N3O3/c1-3-4-12-10(16)11(17)14-7-5-13(6-8-14)9(2)15/h3H,1,4-8H2,2H3,(H,12,16). The molecule has 0 aromatic carbocycles. The number of amides is 3. The van der Waals surface area contributed by atoms with Crippen molar-refractivity contribution in [3.8, 4) is 0 Å². The molecule has 94 valence electrons. The van der Waals surface area contributed by atoms with Gasteiger partial charge in [0.15, 0.2) is 0 Å². The molecule has 0 radical (unpaired) electrons. The largest absolute Gasteiger partial charge is 0.344 e. The average Bonchev–Trinajstić information content (AvgIpc) is 2.35. The summed E-state index contributed by atoms with van der Waals surface area (Å²) in [6.07, 6.45) is 1.51. The zero-order chi connectivity index (χ0) is 12.8. The SMILES string of the molecule is C=CCNC(=O)C(=O)N1CCN(C(C)=O)CC1. The predicted octanol–water partition coefficient (Wildman–Crippen LogP) is -1.02. The van der Waals surface area contributed by atoms with Crippen LogP contribution in [0.3, 0.4) is 0 Å². The normalized spacial score (nSPS) is 15.4. The molecular weight excluding hydrogens is 222 g/mol. The van der Waals surface area contributed by atoms with E-state index in [1.165, 1.54) is 17.9 Å². The molecule has 0 unspecified atom stereocenters. The van der Waals surface area contributed by atoms with Crippen LogP contribution >= 0.6 is 0 Å². The van der Waals surface area contributed by atoms with Crippen molar-refractivity contribution in [2.24, 2.45) is 0 Å². The Morgan fingerprint density at radius 3 is 2.18 bits per heavy atom. The second kappa shape index (κ2) is 6.03. The van der Waals surface area contributed by atoms with Crippen LogP contribution in [0.15, 0.2) is 12.7 Å². The predicted molar refractivity (Wildman–Crippen MR) is 62.0 cm³/mol. The third-order valence-corrected chi connectivity index (χ3v) is 2.61. The Labute approximate surface area is 100 Å². The summed E-state index contributed by atoms with van der Waals surface area (Å²) in [5.74, 6) is -1.18. The lowest BCUT2D eigenvalue weighted by atomic mass is 10.3. The molecule has 0 aliphatic carbocycles. The van der Waals surface area contributed by atoms with E-state index in [-0.39, 0.29) is 12.5 Å². The second-order valence-electron chi connectivity index (χ2n) is 3.80. The van der Waals surface area contributed by atoms with Gasteiger partial charge in [0, 0.05) is 39.6 Å². The number of carbonyl (C=O) groups excluding carboxylic acids is 3. The first kappa shape index (κ1) is 13.2. The Bertz CT molecular complexity index is 333. The highest BCUT2D eigenvalue weighted by atomic mass is 16.2. The van der Waals surface area contributed by atoms with Crippen molar-refractivity contribution in [2.75, 3.05) is 32.7 Å². The minimum Gasteiger partial charge on any atom is -0.344 e. The molecule has 0 atom stereocenters. The highest BCUT2D eigenvalue weighted by molar-refractivity contribution is 6.35. The molecular formula is C11H17N3O3. The van der Waals surface area contributed by atoms with Crippen molar-refractivity contribution in [3.05, 3.63) is 12.7 Å². The van der Waals surface area contributed by atoms with Gasteiger partial charge in [-0.05, 0) is 0 Å². The molecule has 6 heteroatoms. The molecule has 1 saturated heterocycles. The van der Waals surface area contributed by atoms with E-state index in [2.05, 4.69) is 11.9 Å². The zero-order valence-electron chi connectivity index (χ0n) is 9.94. The summed E-state index contributed by atoms with van der Waals surface area (Å²) in [5.41, 5.74) is 0. The lowest BCUT2D eigenvalue weighted by molar-refractivity contribution is -0.148. The molecule has 1 fully saturated rings. The molecule has 0 saturated carbocycles. The fourth-order valence-corrected chi connectivity index (χ4v) is 1.61. The van der Waals surface area contributed by atoms with Crippen LogP contribution in [-0.4, -0.2) is 60.2 Å². The molecule has 0 aromatic heterocycles. The van der Waals surface area contributed by atoms with Crippen LogP contribution in [0, 0.1) is 0 Å². The van der Waals surface area contributed by atoms with Crippen LogP contribution < -0.4 is 5.32 Å². The van der Waals surface area contributed by atoms with E-state index in [1.807, 2.05) is 0 Å². The van der Waals surface area contributed by atoms with E-state index < -0.39 is 11.8 Å². The van der Waals surface area contributed by atoms with Gasteiger partial charge in [-0.3, -0.25) is 14.4 Å². The minimum atomic E-state index is -0.624. The van der Waals surface area contributed by atoms with E-state index in [4.69, 9.17) is 0 Å². The van der Waals surface area contributed by atoms with E-state index in [0.717, 1.165) is 0 Å². The van der Waals surface area contributed by atoms with Crippen molar-refractivity contribution >= 4 is 17.7 Å². The van der Waals surface area contributed by atoms with Gasteiger partial charge in [0.25, 0.3) is 0 Å². The summed E-state index contributed by atoms with van der Waals surface area (Å²) in [7, 11) is 0. The molecule has 3 amide bonds. The zero-order valence-corrected chi connectivity index (χ0v) is 9.94. The first-order valence-corrected chi connectivity index (χ1v) is 5.49. The first-order chi connectivity index (χ1) is 8.06. The fraction of sp³-hybridized carbons (Fsp3) is 0.545. The molecule has 1 rings (SSSR count). The van der Waals surface area contributed by atoms with Crippen molar-refractivity contribution in [1.82, 2.24) is 15.1 Å². The number of nitrogens with zero attached hydrogens (tertiary/aromatic N) is 2. The Balaban J connectivity index is 2.42. The molecule has 0 bridgehead atoms. The number of piperazine rings is 1. The van der Waals surface area contributed by atoms with Gasteiger partial charge in [-0.25, -0.2) is 0 Å². The van der Waals surface area contributed by atoms with Gasteiger partial charge in [-0.15, -0.1) is 6.58 Å². The summed E-state index contributed by atoms with van der Waals surface area (Å²) in [6, 6.07) is 0. The number of hydrogen-bond acceptors (Lipinski definition) is 3. The van der Waals surface area contributed by atoms with Crippen LogP contribution in [0.2, 0.25) is 0 Å². The Kier molecular flexibility index (Phi) is 4.68. The Morgan fingerprint density at radius 2 is 1.71 bits per heavy atom. The van der Waals surface area contributed by atoms with Gasteiger partial charge in [0.2, 0.25) is 5.91 Å². The van der Waals surface area contributed by atoms with Gasteiger partial charge >= 0.3 is 11.8 Å². The highest BCUT2D eigenvalue weighted by Gasteiger charge is 2.26. The lowest BCUT2D eigenvalue weighted by Crippen LogP contribution is -2.53. The average molecular weight is 239 g/mol. The molecule has 1 aliphatic rings. The first-order valence-electron chi connectivity index (χ1n) is 5.49. The quantitative estimate of drug-likeness (QED) is 0.495. The van der Waals surface area contributed by atoms with E-state index in [9.17, 15) is 14.4 Å². The highest BCUT2D eigenvalue weighted by Crippen LogP contribution is 2.02. The third kappa shape index (κ3) is 3.58.